The number of aromatic nitrogens is 4. The topological polar surface area (TPSA) is 105 Å². The Kier molecular flexibility index (Phi) is 4.21. The molecule has 8 heteroatoms. The minimum atomic E-state index is -0.647. The molecule has 8 nitrogen and oxygen atoms in total. The number of benzene rings is 2. The first-order chi connectivity index (χ1) is 13.1. The summed E-state index contributed by atoms with van der Waals surface area (Å²) in [7, 11) is 1.70. The van der Waals surface area contributed by atoms with Crippen LogP contribution in [0, 0.1) is 0 Å². The Labute approximate surface area is 153 Å². The fourth-order valence-corrected chi connectivity index (χ4v) is 2.91. The van der Waals surface area contributed by atoms with E-state index in [4.69, 9.17) is 0 Å². The molecule has 0 fully saturated rings. The molecule has 0 aliphatic heterocycles. The molecule has 0 unspecified atom stereocenters. The zero-order valence-electron chi connectivity index (χ0n) is 14.4. The largest absolute Gasteiger partial charge is 0.439 e. The van der Waals surface area contributed by atoms with Gasteiger partial charge < -0.3 is 4.90 Å². The van der Waals surface area contributed by atoms with Crippen molar-refractivity contribution in [2.75, 3.05) is 7.05 Å². The van der Waals surface area contributed by atoms with Gasteiger partial charge in [-0.2, -0.15) is 0 Å². The van der Waals surface area contributed by atoms with Crippen LogP contribution >= 0.6 is 0 Å². The molecule has 0 spiro atoms. The van der Waals surface area contributed by atoms with E-state index in [1.807, 2.05) is 30.3 Å². The van der Waals surface area contributed by atoms with Crippen molar-refractivity contribution >= 4 is 16.7 Å². The van der Waals surface area contributed by atoms with Gasteiger partial charge in [-0.05, 0) is 22.9 Å². The molecular formula is C19H15N5O3. The third kappa shape index (κ3) is 3.32. The zero-order chi connectivity index (χ0) is 18.8. The molecular weight excluding hydrogens is 346 g/mol. The van der Waals surface area contributed by atoms with Gasteiger partial charge >= 0.3 is 5.76 Å². The van der Waals surface area contributed by atoms with Crippen LogP contribution in [0.3, 0.4) is 0 Å². The van der Waals surface area contributed by atoms with Crippen LogP contribution in [0.15, 0.2) is 64.3 Å². The number of amides is 1. The van der Waals surface area contributed by atoms with Gasteiger partial charge in [0.05, 0.1) is 18.4 Å². The number of aromatic amines is 1. The maximum absolute atomic E-state index is 13.1. The number of H-pyrrole nitrogens is 1. The summed E-state index contributed by atoms with van der Waals surface area (Å²) in [6.07, 6.45) is 4.80. The number of carbonyl (C=O) groups is 1. The molecule has 0 bridgehead atoms. The van der Waals surface area contributed by atoms with Crippen LogP contribution in [0.1, 0.15) is 16.1 Å². The lowest BCUT2D eigenvalue weighted by Gasteiger charge is -2.18. The Bertz CT molecular complexity index is 1170. The van der Waals surface area contributed by atoms with Crippen LogP contribution in [-0.4, -0.2) is 38.0 Å². The van der Waals surface area contributed by atoms with Gasteiger partial charge in [-0.1, -0.05) is 29.4 Å². The standard InChI is InChI=1S/C19H15N5O3/c1-24(11-14-10-20-6-7-21-14)18(25)16-9-13(17-22-19(26)27-23-17)8-12-4-2-3-5-15(12)16/h2-10H,11H2,1H3,(H,22,23,26). The van der Waals surface area contributed by atoms with Gasteiger partial charge in [0, 0.05) is 30.6 Å². The Morgan fingerprint density at radius 3 is 2.81 bits per heavy atom. The molecule has 0 atom stereocenters. The predicted molar refractivity (Wildman–Crippen MR) is 97.9 cm³/mol. The van der Waals surface area contributed by atoms with Gasteiger partial charge in [-0.15, -0.1) is 0 Å². The summed E-state index contributed by atoms with van der Waals surface area (Å²) in [6, 6.07) is 11.1. The van der Waals surface area contributed by atoms with Gasteiger partial charge in [-0.25, -0.2) is 4.79 Å². The predicted octanol–water partition coefficient (Wildman–Crippen LogP) is 2.25. The van der Waals surface area contributed by atoms with E-state index in [0.717, 1.165) is 10.8 Å². The van der Waals surface area contributed by atoms with Crippen molar-refractivity contribution in [3.05, 3.63) is 76.8 Å². The maximum atomic E-state index is 13.1. The summed E-state index contributed by atoms with van der Waals surface area (Å²) in [4.78, 5) is 36.7. The number of fused-ring (bicyclic) bond motifs is 1. The molecule has 27 heavy (non-hydrogen) atoms. The Morgan fingerprint density at radius 1 is 1.22 bits per heavy atom. The van der Waals surface area contributed by atoms with Gasteiger partial charge in [0.25, 0.3) is 5.91 Å². The van der Waals surface area contributed by atoms with E-state index >= 15 is 0 Å². The minimum absolute atomic E-state index is 0.176. The lowest BCUT2D eigenvalue weighted by atomic mass is 9.99. The highest BCUT2D eigenvalue weighted by Gasteiger charge is 2.18. The van der Waals surface area contributed by atoms with E-state index in [-0.39, 0.29) is 11.7 Å². The van der Waals surface area contributed by atoms with E-state index in [1.165, 1.54) is 0 Å². The van der Waals surface area contributed by atoms with E-state index in [2.05, 4.69) is 24.6 Å². The monoisotopic (exact) mass is 361 g/mol. The number of hydrogen-bond donors (Lipinski definition) is 1. The lowest BCUT2D eigenvalue weighted by Crippen LogP contribution is -2.27. The third-order valence-electron chi connectivity index (χ3n) is 4.17. The highest BCUT2D eigenvalue weighted by atomic mass is 16.5. The van der Waals surface area contributed by atoms with Crippen molar-refractivity contribution < 1.29 is 9.32 Å². The quantitative estimate of drug-likeness (QED) is 0.598. The average Bonchev–Trinajstić information content (AvgIpc) is 3.13. The molecule has 1 N–H and O–H groups in total. The van der Waals surface area contributed by atoms with Gasteiger partial charge in [0.2, 0.25) is 0 Å². The maximum Gasteiger partial charge on any atom is 0.439 e. The van der Waals surface area contributed by atoms with Crippen LogP contribution in [-0.2, 0) is 6.54 Å². The molecule has 4 rings (SSSR count). The van der Waals surface area contributed by atoms with Gasteiger partial charge in [-0.3, -0.25) is 24.3 Å². The van der Waals surface area contributed by atoms with Crippen molar-refractivity contribution in [3.8, 4) is 11.4 Å². The first-order valence-electron chi connectivity index (χ1n) is 8.21. The van der Waals surface area contributed by atoms with Crippen LogP contribution in [0.2, 0.25) is 0 Å². The Hall–Kier alpha value is -3.81. The summed E-state index contributed by atoms with van der Waals surface area (Å²) in [5, 5.41) is 5.38. The van der Waals surface area contributed by atoms with Crippen LogP contribution in [0.25, 0.3) is 22.2 Å². The fraction of sp³-hybridized carbons (Fsp3) is 0.105. The summed E-state index contributed by atoms with van der Waals surface area (Å²) in [5.74, 6) is -0.549. The second kappa shape index (κ2) is 6.83. The molecule has 1 amide bonds. The highest BCUT2D eigenvalue weighted by molar-refractivity contribution is 6.08. The smallest absolute Gasteiger partial charge is 0.336 e. The summed E-state index contributed by atoms with van der Waals surface area (Å²) in [5.41, 5.74) is 1.78. The first-order valence-corrected chi connectivity index (χ1v) is 8.21. The highest BCUT2D eigenvalue weighted by Crippen LogP contribution is 2.26. The van der Waals surface area contributed by atoms with Crippen molar-refractivity contribution in [2.45, 2.75) is 6.54 Å². The molecule has 0 saturated heterocycles. The molecule has 2 heterocycles. The molecule has 0 saturated carbocycles. The second-order valence-corrected chi connectivity index (χ2v) is 6.05. The average molecular weight is 361 g/mol. The Balaban J connectivity index is 1.77. The van der Waals surface area contributed by atoms with Crippen molar-refractivity contribution in [1.82, 2.24) is 25.0 Å². The molecule has 2 aromatic carbocycles. The molecule has 0 aliphatic rings. The van der Waals surface area contributed by atoms with Crippen LogP contribution in [0.5, 0.6) is 0 Å². The second-order valence-electron chi connectivity index (χ2n) is 6.05. The molecule has 0 radical (unpaired) electrons. The zero-order valence-corrected chi connectivity index (χ0v) is 14.4. The molecule has 4 aromatic rings. The number of hydrogen-bond acceptors (Lipinski definition) is 6. The molecule has 134 valence electrons. The van der Waals surface area contributed by atoms with E-state index in [1.54, 1.807) is 36.6 Å². The normalized spacial score (nSPS) is 10.9. The lowest BCUT2D eigenvalue weighted by molar-refractivity contribution is 0.0785. The van der Waals surface area contributed by atoms with Crippen molar-refractivity contribution in [3.63, 3.8) is 0 Å². The van der Waals surface area contributed by atoms with E-state index in [0.29, 0.717) is 23.4 Å². The SMILES string of the molecule is CN(Cc1cnccn1)C(=O)c1cc(-c2noc(=O)[nH]2)cc2ccccc12. The first kappa shape index (κ1) is 16.6. The minimum Gasteiger partial charge on any atom is -0.336 e. The van der Waals surface area contributed by atoms with Crippen LogP contribution in [0.4, 0.5) is 0 Å². The Morgan fingerprint density at radius 2 is 2.07 bits per heavy atom. The number of nitrogens with one attached hydrogen (secondary N) is 1. The number of carbonyl (C=O) groups excluding carboxylic acids is 1. The molecule has 0 aliphatic carbocycles. The summed E-state index contributed by atoms with van der Waals surface area (Å²) in [6.45, 7) is 0.325. The number of rotatable bonds is 4. The van der Waals surface area contributed by atoms with E-state index < -0.39 is 5.76 Å². The number of nitrogens with zero attached hydrogens (tertiary/aromatic N) is 4. The van der Waals surface area contributed by atoms with Gasteiger partial charge in [0.15, 0.2) is 5.82 Å². The fourth-order valence-electron chi connectivity index (χ4n) is 2.91. The van der Waals surface area contributed by atoms with Crippen LogP contribution < -0.4 is 5.76 Å². The summed E-state index contributed by atoms with van der Waals surface area (Å²) < 4.78 is 4.59. The van der Waals surface area contributed by atoms with Crippen molar-refractivity contribution in [1.29, 1.82) is 0 Å². The van der Waals surface area contributed by atoms with E-state index in [9.17, 15) is 9.59 Å². The summed E-state index contributed by atoms with van der Waals surface area (Å²) >= 11 is 0. The third-order valence-corrected chi connectivity index (χ3v) is 4.17. The van der Waals surface area contributed by atoms with Crippen molar-refractivity contribution in [2.24, 2.45) is 0 Å². The van der Waals surface area contributed by atoms with Gasteiger partial charge in [0.1, 0.15) is 0 Å². The molecule has 2 aromatic heterocycles.